The summed E-state index contributed by atoms with van der Waals surface area (Å²) < 4.78 is 42.4. The van der Waals surface area contributed by atoms with Crippen LogP contribution in [0.15, 0.2) is 53.3 Å². The zero-order valence-corrected chi connectivity index (χ0v) is 25.2. The van der Waals surface area contributed by atoms with E-state index in [4.69, 9.17) is 0 Å². The first-order chi connectivity index (χ1) is 19.8. The quantitative estimate of drug-likeness (QED) is 0.318. The van der Waals surface area contributed by atoms with E-state index in [1.54, 1.807) is 26.8 Å². The van der Waals surface area contributed by atoms with E-state index < -0.39 is 17.6 Å². The maximum Gasteiger partial charge on any atom is 0.416 e. The molecular weight excluding hydrogens is 541 g/mol. The molecular formula is C33H41F3N4O2. The summed E-state index contributed by atoms with van der Waals surface area (Å²) in [6, 6.07) is 14.6. The highest BCUT2D eigenvalue weighted by atomic mass is 19.4. The van der Waals surface area contributed by atoms with Gasteiger partial charge < -0.3 is 15.2 Å². The number of likely N-dealkylation sites (tertiary alicyclic amines) is 1. The molecule has 1 fully saturated rings. The van der Waals surface area contributed by atoms with Gasteiger partial charge in [-0.1, -0.05) is 30.3 Å². The molecule has 4 rings (SSSR count). The van der Waals surface area contributed by atoms with Gasteiger partial charge in [0.25, 0.3) is 11.5 Å². The Morgan fingerprint density at radius 2 is 1.69 bits per heavy atom. The average Bonchev–Trinajstić information content (AvgIpc) is 2.91. The predicted molar refractivity (Wildman–Crippen MR) is 161 cm³/mol. The first kappa shape index (κ1) is 31.3. The van der Waals surface area contributed by atoms with E-state index >= 15 is 0 Å². The van der Waals surface area contributed by atoms with E-state index in [9.17, 15) is 22.8 Å². The molecule has 3 atom stereocenters. The molecule has 3 aromatic rings. The highest BCUT2D eigenvalue weighted by Crippen LogP contribution is 2.38. The molecule has 1 aliphatic rings. The van der Waals surface area contributed by atoms with Gasteiger partial charge in [0, 0.05) is 60.3 Å². The van der Waals surface area contributed by atoms with Crippen LogP contribution in [0.2, 0.25) is 0 Å². The van der Waals surface area contributed by atoms with Crippen molar-refractivity contribution in [2.75, 3.05) is 11.4 Å². The zero-order valence-electron chi connectivity index (χ0n) is 25.2. The number of piperidine rings is 1. The Morgan fingerprint density at radius 3 is 2.26 bits per heavy atom. The molecule has 1 saturated heterocycles. The Morgan fingerprint density at radius 1 is 1.05 bits per heavy atom. The van der Waals surface area contributed by atoms with Gasteiger partial charge in [0.05, 0.1) is 5.56 Å². The van der Waals surface area contributed by atoms with E-state index in [0.29, 0.717) is 34.6 Å². The van der Waals surface area contributed by atoms with Gasteiger partial charge in [0.2, 0.25) is 0 Å². The summed E-state index contributed by atoms with van der Waals surface area (Å²) in [5, 5.41) is 2.69. The second kappa shape index (κ2) is 12.7. The third-order valence-electron chi connectivity index (χ3n) is 8.53. The number of aromatic amines is 1. The number of carbonyl (C=O) groups is 1. The second-order valence-electron chi connectivity index (χ2n) is 11.6. The lowest BCUT2D eigenvalue weighted by Gasteiger charge is -2.47. The maximum absolute atomic E-state index is 14.1. The number of H-pyrrole nitrogens is 1. The predicted octanol–water partition coefficient (Wildman–Crippen LogP) is 6.52. The van der Waals surface area contributed by atoms with Crippen molar-refractivity contribution in [2.24, 2.45) is 0 Å². The van der Waals surface area contributed by atoms with Crippen molar-refractivity contribution in [2.45, 2.75) is 91.8 Å². The Balaban J connectivity index is 1.62. The summed E-state index contributed by atoms with van der Waals surface area (Å²) in [5.41, 5.74) is 2.69. The summed E-state index contributed by atoms with van der Waals surface area (Å²) >= 11 is 0. The van der Waals surface area contributed by atoms with Crippen LogP contribution in [0.25, 0.3) is 0 Å². The van der Waals surface area contributed by atoms with Crippen molar-refractivity contribution in [1.82, 2.24) is 15.2 Å². The molecule has 2 heterocycles. The number of pyridine rings is 1. The lowest BCUT2D eigenvalue weighted by molar-refractivity contribution is -0.137. The number of amides is 1. The smallest absolute Gasteiger partial charge is 0.368 e. The molecule has 0 unspecified atom stereocenters. The number of aryl methyl sites for hydroxylation is 2. The van der Waals surface area contributed by atoms with E-state index in [0.717, 1.165) is 25.5 Å². The zero-order chi connectivity index (χ0) is 30.8. The molecule has 0 spiro atoms. The normalized spacial score (nSPS) is 19.5. The molecule has 0 saturated carbocycles. The fourth-order valence-corrected chi connectivity index (χ4v) is 6.34. The van der Waals surface area contributed by atoms with Gasteiger partial charge in [-0.05, 0) is 89.3 Å². The molecule has 2 N–H and O–H groups in total. The topological polar surface area (TPSA) is 68.4 Å². The lowest BCUT2D eigenvalue weighted by atomic mass is 9.89. The van der Waals surface area contributed by atoms with Crippen LogP contribution in [0.4, 0.5) is 18.9 Å². The molecule has 226 valence electrons. The van der Waals surface area contributed by atoms with Gasteiger partial charge >= 0.3 is 6.18 Å². The van der Waals surface area contributed by atoms with Crippen molar-refractivity contribution in [3.05, 3.63) is 98.0 Å². The highest BCUT2D eigenvalue weighted by Gasteiger charge is 2.37. The van der Waals surface area contributed by atoms with Gasteiger partial charge in [0.1, 0.15) is 0 Å². The number of nitrogens with zero attached hydrogens (tertiary/aromatic N) is 2. The van der Waals surface area contributed by atoms with Gasteiger partial charge in [-0.3, -0.25) is 14.5 Å². The fourth-order valence-electron chi connectivity index (χ4n) is 6.34. The lowest BCUT2D eigenvalue weighted by Crippen LogP contribution is -2.53. The SMILES string of the molecule is CCN(c1cc(C(F)(F)F)cc(C(=O)NCc2c(C)cc(C)[nH]c2=O)c1C)[C@H]1C[C@@H](C)N(Cc2ccccc2)[C@@H](C)C1. The van der Waals surface area contributed by atoms with E-state index in [1.807, 2.05) is 30.0 Å². The minimum Gasteiger partial charge on any atom is -0.368 e. The standard InChI is InChI=1S/C33H41F3N4O2/c1-7-39(27-14-22(4)40(23(5)15-27)19-25-11-9-8-10-12-25)30-17-26(33(34,35)36)16-28(24(30)6)31(41)37-18-29-20(2)13-21(3)38-32(29)42/h8-13,16-17,22-23,27H,7,14-15,18-19H2,1-6H3,(H,37,41)(H,38,42)/t22-,23+,27+. The Hall–Kier alpha value is -3.59. The molecule has 1 aliphatic heterocycles. The van der Waals surface area contributed by atoms with Crippen molar-refractivity contribution >= 4 is 11.6 Å². The van der Waals surface area contributed by atoms with Crippen molar-refractivity contribution in [1.29, 1.82) is 0 Å². The largest absolute Gasteiger partial charge is 0.416 e. The first-order valence-corrected chi connectivity index (χ1v) is 14.6. The van der Waals surface area contributed by atoms with Crippen LogP contribution < -0.4 is 15.8 Å². The number of hydrogen-bond donors (Lipinski definition) is 2. The molecule has 9 heteroatoms. The van der Waals surface area contributed by atoms with Crippen LogP contribution in [0.1, 0.15) is 77.5 Å². The van der Waals surface area contributed by atoms with Crippen molar-refractivity contribution < 1.29 is 18.0 Å². The van der Waals surface area contributed by atoms with Gasteiger partial charge in [0.15, 0.2) is 0 Å². The van der Waals surface area contributed by atoms with E-state index in [1.165, 1.54) is 11.6 Å². The van der Waals surface area contributed by atoms with Crippen molar-refractivity contribution in [3.8, 4) is 0 Å². The molecule has 42 heavy (non-hydrogen) atoms. The molecule has 2 aromatic carbocycles. The number of nitrogens with one attached hydrogen (secondary N) is 2. The number of halogens is 3. The minimum absolute atomic E-state index is 0.0129. The number of benzene rings is 2. The number of carbonyl (C=O) groups excluding carboxylic acids is 1. The second-order valence-corrected chi connectivity index (χ2v) is 11.6. The molecule has 0 aliphatic carbocycles. The van der Waals surface area contributed by atoms with Crippen LogP contribution in [-0.4, -0.2) is 40.5 Å². The summed E-state index contributed by atoms with van der Waals surface area (Å²) in [7, 11) is 0. The van der Waals surface area contributed by atoms with E-state index in [-0.39, 0.29) is 35.8 Å². The fraction of sp³-hybridized carbons (Fsp3) is 0.455. The molecule has 0 bridgehead atoms. The molecule has 1 aromatic heterocycles. The monoisotopic (exact) mass is 582 g/mol. The van der Waals surface area contributed by atoms with Crippen LogP contribution in [0, 0.1) is 20.8 Å². The molecule has 1 amide bonds. The van der Waals surface area contributed by atoms with Gasteiger partial charge in [-0.15, -0.1) is 0 Å². The van der Waals surface area contributed by atoms with Crippen LogP contribution in [0.5, 0.6) is 0 Å². The Kier molecular flexibility index (Phi) is 9.50. The number of aromatic nitrogens is 1. The number of rotatable bonds is 8. The van der Waals surface area contributed by atoms with Gasteiger partial charge in [-0.25, -0.2) is 0 Å². The van der Waals surface area contributed by atoms with Gasteiger partial charge in [-0.2, -0.15) is 13.2 Å². The van der Waals surface area contributed by atoms with E-state index in [2.05, 4.69) is 41.2 Å². The van der Waals surface area contributed by atoms with Crippen LogP contribution >= 0.6 is 0 Å². The summed E-state index contributed by atoms with van der Waals surface area (Å²) in [4.78, 5) is 33.0. The number of anilines is 1. The first-order valence-electron chi connectivity index (χ1n) is 14.6. The number of alkyl halides is 3. The minimum atomic E-state index is -4.62. The third kappa shape index (κ3) is 6.89. The molecule has 6 nitrogen and oxygen atoms in total. The summed E-state index contributed by atoms with van der Waals surface area (Å²) in [6.07, 6.45) is -3.05. The summed E-state index contributed by atoms with van der Waals surface area (Å²) in [5.74, 6) is -0.644. The Bertz CT molecular complexity index is 1460. The number of hydrogen-bond acceptors (Lipinski definition) is 4. The summed E-state index contributed by atoms with van der Waals surface area (Å²) in [6.45, 7) is 12.8. The highest BCUT2D eigenvalue weighted by molar-refractivity contribution is 5.97. The Labute approximate surface area is 245 Å². The van der Waals surface area contributed by atoms with Crippen molar-refractivity contribution in [3.63, 3.8) is 0 Å². The van der Waals surface area contributed by atoms with Crippen LogP contribution in [0.3, 0.4) is 0 Å². The third-order valence-corrected chi connectivity index (χ3v) is 8.53. The maximum atomic E-state index is 14.1. The average molecular weight is 583 g/mol. The van der Waals surface area contributed by atoms with Crippen LogP contribution in [-0.2, 0) is 19.3 Å². The molecule has 0 radical (unpaired) electrons.